The van der Waals surface area contributed by atoms with Crippen molar-refractivity contribution in [2.45, 2.75) is 0 Å². The predicted molar refractivity (Wildman–Crippen MR) is 29.8 cm³/mol. The average molecular weight is 307 g/mol. The van der Waals surface area contributed by atoms with E-state index in [-0.39, 0.29) is 145 Å². The van der Waals surface area contributed by atoms with Crippen molar-refractivity contribution in [2.75, 3.05) is 0 Å². The summed E-state index contributed by atoms with van der Waals surface area (Å²) < 4.78 is 0. The van der Waals surface area contributed by atoms with Gasteiger partial charge in [0.05, 0.1) is 0 Å². The van der Waals surface area contributed by atoms with Crippen LogP contribution in [0.15, 0.2) is 0 Å². The van der Waals surface area contributed by atoms with Gasteiger partial charge in [-0.3, -0.25) is 0 Å². The van der Waals surface area contributed by atoms with Gasteiger partial charge in [-0.15, -0.1) is 20.2 Å². The number of rotatable bonds is 0. The van der Waals surface area contributed by atoms with Gasteiger partial charge in [0.2, 0.25) is 0 Å². The predicted octanol–water partition coefficient (Wildman–Crippen LogP) is -7.57. The second-order valence-electron chi connectivity index (χ2n) is 0.476. The van der Waals surface area contributed by atoms with Crippen LogP contribution < -0.4 is 103 Å². The van der Waals surface area contributed by atoms with Crippen molar-refractivity contribution in [3.8, 4) is 0 Å². The van der Waals surface area contributed by atoms with E-state index < -0.39 is 10.2 Å². The molecule has 0 aliphatic heterocycles. The van der Waals surface area contributed by atoms with E-state index in [2.05, 4.69) is 0 Å². The van der Waals surface area contributed by atoms with E-state index >= 15 is 0 Å². The topological polar surface area (TPSA) is 155 Å². The molecule has 0 aromatic rings. The Kier molecular flexibility index (Phi) is 178. The standard InChI is InChI=1S/2B.2K.2HNO3.O.Zn/c;;;;2*2-1(3)4;;/h;;;;2*(H,2,3,4);;/q;;2*+1;;;-2;+2. The molecule has 0 aromatic carbocycles. The Labute approximate surface area is 181 Å². The zero-order valence-electron chi connectivity index (χ0n) is 7.69. The monoisotopic (exact) mass is 306 g/mol. The molecule has 0 fully saturated rings. The summed E-state index contributed by atoms with van der Waals surface area (Å²) in [6.07, 6.45) is 0. The van der Waals surface area contributed by atoms with Gasteiger partial charge in [-0.1, -0.05) is 0 Å². The van der Waals surface area contributed by atoms with Gasteiger partial charge >= 0.3 is 122 Å². The Balaban J connectivity index is -0.00000000600. The minimum Gasteiger partial charge on any atom is -2.00 e. The number of nitrogens with zero attached hydrogens (tertiary/aromatic N) is 2. The maximum atomic E-state index is 8.36. The molecular formula is H2B2K2N2O7Zn+2. The zero-order chi connectivity index (χ0) is 7.15. The van der Waals surface area contributed by atoms with Crippen LogP contribution >= 0.6 is 0 Å². The fourth-order valence-electron chi connectivity index (χ4n) is 0. The Hall–Kier alpha value is 2.39. The molecule has 0 amide bonds. The van der Waals surface area contributed by atoms with Gasteiger partial charge in [0.15, 0.2) is 0 Å². The van der Waals surface area contributed by atoms with Crippen molar-refractivity contribution in [1.82, 2.24) is 0 Å². The van der Waals surface area contributed by atoms with Gasteiger partial charge < -0.3 is 15.9 Å². The minimum atomic E-state index is -1.50. The summed E-state index contributed by atoms with van der Waals surface area (Å²) >= 11 is 0. The van der Waals surface area contributed by atoms with E-state index in [0.717, 1.165) is 0 Å². The van der Waals surface area contributed by atoms with Gasteiger partial charge in [-0.2, -0.15) is 0 Å². The third-order valence-corrected chi connectivity index (χ3v) is 0. The second kappa shape index (κ2) is 45.3. The molecule has 0 bridgehead atoms. The largest absolute Gasteiger partial charge is 2.00 e. The SMILES string of the molecule is O=[N+]([O-])O.O=[N+]([O-])O.[B].[B].[K+].[K+].[O-2].[Zn+2]. The Morgan fingerprint density at radius 1 is 0.857 bits per heavy atom. The van der Waals surface area contributed by atoms with Gasteiger partial charge in [-0.05, 0) is 0 Å². The summed E-state index contributed by atoms with van der Waals surface area (Å²) in [7, 11) is 0. The summed E-state index contributed by atoms with van der Waals surface area (Å²) in [6, 6.07) is 0. The first kappa shape index (κ1) is 55.2. The quantitative estimate of drug-likeness (QED) is 0.257. The first-order valence-electron chi connectivity index (χ1n) is 1.13. The van der Waals surface area contributed by atoms with Crippen LogP contribution in [0.5, 0.6) is 0 Å². The van der Waals surface area contributed by atoms with E-state index in [4.69, 9.17) is 30.6 Å². The maximum absolute atomic E-state index is 8.36. The van der Waals surface area contributed by atoms with Crippen LogP contribution in [0.2, 0.25) is 0 Å². The molecule has 9 nitrogen and oxygen atoms in total. The molecule has 0 unspecified atom stereocenters. The van der Waals surface area contributed by atoms with Crippen LogP contribution in [0.25, 0.3) is 0 Å². The van der Waals surface area contributed by atoms with Crippen molar-refractivity contribution < 1.29 is 148 Å². The van der Waals surface area contributed by atoms with Gasteiger partial charge in [0.1, 0.15) is 0 Å². The van der Waals surface area contributed by atoms with E-state index in [1.807, 2.05) is 0 Å². The van der Waals surface area contributed by atoms with Crippen molar-refractivity contribution in [1.29, 1.82) is 0 Å². The molecule has 2 N–H and O–H groups in total. The van der Waals surface area contributed by atoms with E-state index in [0.29, 0.717) is 0 Å². The molecular weight excluding hydrogens is 305 g/mol. The summed E-state index contributed by atoms with van der Waals surface area (Å²) in [5, 5.41) is 27.3. The Morgan fingerprint density at radius 2 is 0.857 bits per heavy atom. The fraction of sp³-hybridized carbons (Fsp3) is 0. The van der Waals surface area contributed by atoms with Crippen LogP contribution in [-0.2, 0) is 25.0 Å². The van der Waals surface area contributed by atoms with E-state index in [1.54, 1.807) is 0 Å². The molecule has 0 saturated carbocycles. The van der Waals surface area contributed by atoms with Crippen molar-refractivity contribution in [3.63, 3.8) is 0 Å². The number of hydrogen-bond donors (Lipinski definition) is 2. The molecule has 14 heteroatoms. The normalized spacial score (nSPS) is 3.43. The smallest absolute Gasteiger partial charge is 2.00 e. The second-order valence-corrected chi connectivity index (χ2v) is 0.476. The van der Waals surface area contributed by atoms with Gasteiger partial charge in [0, 0.05) is 16.8 Å². The molecule has 0 spiro atoms. The Bertz CT molecular complexity index is 85.7. The third kappa shape index (κ3) is 453. The molecule has 0 heterocycles. The van der Waals surface area contributed by atoms with Crippen molar-refractivity contribution in [3.05, 3.63) is 20.2 Å². The summed E-state index contributed by atoms with van der Waals surface area (Å²) in [5.41, 5.74) is 0. The first-order chi connectivity index (χ1) is 3.46. The molecule has 62 valence electrons. The van der Waals surface area contributed by atoms with Crippen LogP contribution in [0, 0.1) is 20.2 Å². The summed E-state index contributed by atoms with van der Waals surface area (Å²) in [4.78, 5) is 16.7. The average Bonchev–Trinajstić information content (AvgIpc) is 1.25. The molecule has 0 rings (SSSR count). The number of hydrogen-bond acceptors (Lipinski definition) is 4. The molecule has 14 heavy (non-hydrogen) atoms. The van der Waals surface area contributed by atoms with Gasteiger partial charge in [0.25, 0.3) is 10.2 Å². The van der Waals surface area contributed by atoms with Gasteiger partial charge in [-0.25, -0.2) is 0 Å². The molecule has 6 radical (unpaired) electrons. The van der Waals surface area contributed by atoms with E-state index in [1.165, 1.54) is 0 Å². The molecule has 0 aromatic heterocycles. The fourth-order valence-corrected chi connectivity index (χ4v) is 0. The van der Waals surface area contributed by atoms with Crippen LogP contribution in [0.3, 0.4) is 0 Å². The summed E-state index contributed by atoms with van der Waals surface area (Å²) in [6.45, 7) is 0. The zero-order valence-corrected chi connectivity index (χ0v) is 16.9. The van der Waals surface area contributed by atoms with Crippen LogP contribution in [0.4, 0.5) is 0 Å². The third-order valence-electron chi connectivity index (χ3n) is 0. The maximum Gasteiger partial charge on any atom is 2.00 e. The van der Waals surface area contributed by atoms with Crippen LogP contribution in [0.1, 0.15) is 0 Å². The molecule has 0 saturated heterocycles. The summed E-state index contributed by atoms with van der Waals surface area (Å²) in [5.74, 6) is 0. The molecule has 0 aliphatic rings. The van der Waals surface area contributed by atoms with Crippen molar-refractivity contribution >= 4 is 16.8 Å². The Morgan fingerprint density at radius 3 is 0.857 bits per heavy atom. The minimum absolute atomic E-state index is 0. The van der Waals surface area contributed by atoms with E-state index in [9.17, 15) is 0 Å². The first-order valence-corrected chi connectivity index (χ1v) is 1.13. The van der Waals surface area contributed by atoms with Crippen LogP contribution in [-0.4, -0.2) is 37.4 Å². The van der Waals surface area contributed by atoms with Crippen molar-refractivity contribution in [2.24, 2.45) is 0 Å². The molecule has 0 aliphatic carbocycles. The molecule has 0 atom stereocenters.